The Morgan fingerprint density at radius 1 is 1.37 bits per heavy atom. The molecule has 0 N–H and O–H groups in total. The molecule has 2 rings (SSSR count). The second kappa shape index (κ2) is 5.75. The van der Waals surface area contributed by atoms with Gasteiger partial charge < -0.3 is 9.47 Å². The summed E-state index contributed by atoms with van der Waals surface area (Å²) in [5.41, 5.74) is 0.585. The third-order valence-corrected chi connectivity index (χ3v) is 3.32. The number of ether oxygens (including phenoxy) is 2. The molecular formula is C15H17NO3. The molecule has 4 nitrogen and oxygen atoms in total. The van der Waals surface area contributed by atoms with E-state index >= 15 is 0 Å². The van der Waals surface area contributed by atoms with Gasteiger partial charge in [0.1, 0.15) is 5.75 Å². The minimum absolute atomic E-state index is 0.0641. The Hall–Kier alpha value is -2.02. The normalized spacial score (nSPS) is 15.4. The third kappa shape index (κ3) is 3.47. The number of benzene rings is 1. The zero-order chi connectivity index (χ0) is 13.7. The zero-order valence-electron chi connectivity index (χ0n) is 11.0. The molecule has 0 unspecified atom stereocenters. The van der Waals surface area contributed by atoms with E-state index in [0.717, 1.165) is 18.6 Å². The molecule has 0 saturated heterocycles. The van der Waals surface area contributed by atoms with Crippen LogP contribution in [-0.4, -0.2) is 19.2 Å². The van der Waals surface area contributed by atoms with Gasteiger partial charge in [0.25, 0.3) is 0 Å². The predicted octanol–water partition coefficient (Wildman–Crippen LogP) is 2.94. The first-order valence-corrected chi connectivity index (χ1v) is 6.46. The average Bonchev–Trinajstić information content (AvgIpc) is 3.18. The summed E-state index contributed by atoms with van der Waals surface area (Å²) in [5.74, 6) is 0.398. The van der Waals surface area contributed by atoms with Crippen LogP contribution in [-0.2, 0) is 4.74 Å². The van der Waals surface area contributed by atoms with Crippen LogP contribution in [0.15, 0.2) is 24.3 Å². The van der Waals surface area contributed by atoms with E-state index in [2.05, 4.69) is 6.07 Å². The summed E-state index contributed by atoms with van der Waals surface area (Å²) in [4.78, 5) is 11.5. The highest BCUT2D eigenvalue weighted by atomic mass is 16.5. The van der Waals surface area contributed by atoms with Crippen molar-refractivity contribution in [2.45, 2.75) is 26.2 Å². The van der Waals surface area contributed by atoms with Crippen LogP contribution in [0.4, 0.5) is 0 Å². The molecule has 0 heterocycles. The molecule has 0 radical (unpaired) electrons. The minimum Gasteiger partial charge on any atom is -0.493 e. The van der Waals surface area contributed by atoms with Crippen LogP contribution in [0.25, 0.3) is 0 Å². The molecular weight excluding hydrogens is 242 g/mol. The molecule has 0 spiro atoms. The molecule has 1 aliphatic rings. The Morgan fingerprint density at radius 2 is 2.05 bits per heavy atom. The fraction of sp³-hybridized carbons (Fsp3) is 0.467. The molecule has 0 atom stereocenters. The second-order valence-electron chi connectivity index (χ2n) is 4.87. The van der Waals surface area contributed by atoms with Gasteiger partial charge in [0, 0.05) is 11.8 Å². The van der Waals surface area contributed by atoms with Gasteiger partial charge in [-0.25, -0.2) is 4.79 Å². The van der Waals surface area contributed by atoms with Crippen LogP contribution < -0.4 is 4.74 Å². The monoisotopic (exact) mass is 259 g/mol. The van der Waals surface area contributed by atoms with Crippen molar-refractivity contribution < 1.29 is 14.3 Å². The molecule has 0 aromatic heterocycles. The summed E-state index contributed by atoms with van der Waals surface area (Å²) < 4.78 is 10.6. The van der Waals surface area contributed by atoms with Crippen molar-refractivity contribution in [1.82, 2.24) is 0 Å². The van der Waals surface area contributed by atoms with E-state index in [9.17, 15) is 4.79 Å². The van der Waals surface area contributed by atoms with Crippen molar-refractivity contribution in [3.8, 4) is 11.8 Å². The zero-order valence-corrected chi connectivity index (χ0v) is 11.0. The number of carbonyl (C=O) groups excluding carboxylic acids is 1. The van der Waals surface area contributed by atoms with Crippen molar-refractivity contribution in [1.29, 1.82) is 5.26 Å². The topological polar surface area (TPSA) is 59.3 Å². The highest BCUT2D eigenvalue weighted by molar-refractivity contribution is 5.89. The summed E-state index contributed by atoms with van der Waals surface area (Å²) in [6.45, 7) is 2.72. The number of nitriles is 1. The molecule has 0 amide bonds. The Kier molecular flexibility index (Phi) is 4.06. The van der Waals surface area contributed by atoms with Crippen LogP contribution in [0, 0.1) is 16.7 Å². The van der Waals surface area contributed by atoms with Crippen LogP contribution in [0.5, 0.6) is 5.75 Å². The number of esters is 1. The standard InChI is InChI=1S/C15H17NO3/c1-2-18-14(17)12-3-5-13(6-4-12)19-11-15(7-8-15)9-10-16/h3-6H,2,7-9,11H2,1H3. The fourth-order valence-corrected chi connectivity index (χ4v) is 1.85. The number of carbonyl (C=O) groups is 1. The molecule has 0 bridgehead atoms. The molecule has 0 aliphatic heterocycles. The maximum absolute atomic E-state index is 11.5. The van der Waals surface area contributed by atoms with Gasteiger partial charge in [0.15, 0.2) is 0 Å². The van der Waals surface area contributed by atoms with Crippen LogP contribution >= 0.6 is 0 Å². The molecule has 1 saturated carbocycles. The van der Waals surface area contributed by atoms with Crippen molar-refractivity contribution in [2.24, 2.45) is 5.41 Å². The van der Waals surface area contributed by atoms with Crippen molar-refractivity contribution in [2.75, 3.05) is 13.2 Å². The van der Waals surface area contributed by atoms with E-state index < -0.39 is 0 Å². The lowest BCUT2D eigenvalue weighted by atomic mass is 10.1. The summed E-state index contributed by atoms with van der Waals surface area (Å²) >= 11 is 0. The van der Waals surface area contributed by atoms with Gasteiger partial charge >= 0.3 is 5.97 Å². The van der Waals surface area contributed by atoms with Crippen molar-refractivity contribution in [3.05, 3.63) is 29.8 Å². The lowest BCUT2D eigenvalue weighted by Crippen LogP contribution is -2.12. The summed E-state index contributed by atoms with van der Waals surface area (Å²) in [6, 6.07) is 9.10. The highest BCUT2D eigenvalue weighted by Crippen LogP contribution is 2.48. The quantitative estimate of drug-likeness (QED) is 0.737. The molecule has 1 aliphatic carbocycles. The number of nitrogens with zero attached hydrogens (tertiary/aromatic N) is 1. The van der Waals surface area contributed by atoms with Crippen LogP contribution in [0.2, 0.25) is 0 Å². The van der Waals surface area contributed by atoms with E-state index in [0.29, 0.717) is 25.2 Å². The van der Waals surface area contributed by atoms with E-state index in [1.165, 1.54) is 0 Å². The van der Waals surface area contributed by atoms with E-state index in [-0.39, 0.29) is 11.4 Å². The van der Waals surface area contributed by atoms with Gasteiger partial charge in [-0.2, -0.15) is 5.26 Å². The second-order valence-corrected chi connectivity index (χ2v) is 4.87. The maximum atomic E-state index is 11.5. The predicted molar refractivity (Wildman–Crippen MR) is 69.8 cm³/mol. The average molecular weight is 259 g/mol. The molecule has 4 heteroatoms. The first-order valence-electron chi connectivity index (χ1n) is 6.46. The number of hydrogen-bond acceptors (Lipinski definition) is 4. The summed E-state index contributed by atoms with van der Waals surface area (Å²) in [7, 11) is 0. The minimum atomic E-state index is -0.322. The summed E-state index contributed by atoms with van der Waals surface area (Å²) in [6.07, 6.45) is 2.66. The highest BCUT2D eigenvalue weighted by Gasteiger charge is 2.43. The van der Waals surface area contributed by atoms with Gasteiger partial charge in [0.2, 0.25) is 0 Å². The fourth-order valence-electron chi connectivity index (χ4n) is 1.85. The van der Waals surface area contributed by atoms with Gasteiger partial charge in [-0.1, -0.05) is 0 Å². The molecule has 19 heavy (non-hydrogen) atoms. The number of hydrogen-bond donors (Lipinski definition) is 0. The SMILES string of the molecule is CCOC(=O)c1ccc(OCC2(CC#N)CC2)cc1. The third-order valence-electron chi connectivity index (χ3n) is 3.32. The number of rotatable bonds is 6. The molecule has 1 aromatic carbocycles. The van der Waals surface area contributed by atoms with Gasteiger partial charge in [-0.05, 0) is 44.0 Å². The Labute approximate surface area is 112 Å². The molecule has 100 valence electrons. The van der Waals surface area contributed by atoms with E-state index in [1.54, 1.807) is 31.2 Å². The smallest absolute Gasteiger partial charge is 0.338 e. The van der Waals surface area contributed by atoms with Crippen LogP contribution in [0.3, 0.4) is 0 Å². The summed E-state index contributed by atoms with van der Waals surface area (Å²) in [5, 5.41) is 8.73. The Balaban J connectivity index is 1.89. The lowest BCUT2D eigenvalue weighted by Gasteiger charge is -2.13. The van der Waals surface area contributed by atoms with E-state index in [4.69, 9.17) is 14.7 Å². The largest absolute Gasteiger partial charge is 0.493 e. The molecule has 1 fully saturated rings. The van der Waals surface area contributed by atoms with Gasteiger partial charge in [0.05, 0.1) is 24.8 Å². The Morgan fingerprint density at radius 3 is 2.58 bits per heavy atom. The van der Waals surface area contributed by atoms with E-state index in [1.807, 2.05) is 0 Å². The van der Waals surface area contributed by atoms with Gasteiger partial charge in [-0.15, -0.1) is 0 Å². The first kappa shape index (κ1) is 13.4. The lowest BCUT2D eigenvalue weighted by molar-refractivity contribution is 0.0526. The molecule has 1 aromatic rings. The van der Waals surface area contributed by atoms with Crippen molar-refractivity contribution >= 4 is 5.97 Å². The maximum Gasteiger partial charge on any atom is 0.338 e. The Bertz CT molecular complexity index is 483. The van der Waals surface area contributed by atoms with Gasteiger partial charge in [-0.3, -0.25) is 0 Å². The van der Waals surface area contributed by atoms with Crippen LogP contribution in [0.1, 0.15) is 36.5 Å². The van der Waals surface area contributed by atoms with Crippen molar-refractivity contribution in [3.63, 3.8) is 0 Å². The first-order chi connectivity index (χ1) is 9.19.